The van der Waals surface area contributed by atoms with Crippen molar-refractivity contribution in [1.82, 2.24) is 5.32 Å². The second-order valence-corrected chi connectivity index (χ2v) is 7.14. The number of carbonyl (C=O) groups is 2. The van der Waals surface area contributed by atoms with E-state index in [0.717, 1.165) is 29.0 Å². The largest absolute Gasteiger partial charge is 0.494 e. The second kappa shape index (κ2) is 5.84. The third-order valence-corrected chi connectivity index (χ3v) is 4.54. The first kappa shape index (κ1) is 15.8. The van der Waals surface area contributed by atoms with Crippen LogP contribution in [0.15, 0.2) is 35.5 Å². The molecule has 0 bridgehead atoms. The molecule has 1 aliphatic carbocycles. The number of rotatable bonds is 3. The monoisotopic (exact) mass is 313 g/mol. The average molecular weight is 313 g/mol. The van der Waals surface area contributed by atoms with Crippen LogP contribution < -0.4 is 10.1 Å². The van der Waals surface area contributed by atoms with Gasteiger partial charge in [0.2, 0.25) is 5.91 Å². The quantitative estimate of drug-likeness (QED) is 0.931. The van der Waals surface area contributed by atoms with Gasteiger partial charge in [-0.3, -0.25) is 9.59 Å². The number of amides is 1. The molecule has 1 aromatic carbocycles. The molecule has 0 radical (unpaired) electrons. The minimum Gasteiger partial charge on any atom is -0.494 e. The summed E-state index contributed by atoms with van der Waals surface area (Å²) in [5, 5.41) is 2.93. The summed E-state index contributed by atoms with van der Waals surface area (Å²) in [6.07, 6.45) is 1.61. The average Bonchev–Trinajstić information content (AvgIpc) is 2.45. The topological polar surface area (TPSA) is 55.4 Å². The first-order valence-electron chi connectivity index (χ1n) is 8.18. The highest BCUT2D eigenvalue weighted by Crippen LogP contribution is 2.44. The Hall–Kier alpha value is -2.10. The van der Waals surface area contributed by atoms with Gasteiger partial charge in [0.05, 0.1) is 6.61 Å². The van der Waals surface area contributed by atoms with Gasteiger partial charge in [0.25, 0.3) is 0 Å². The Morgan fingerprint density at radius 3 is 2.52 bits per heavy atom. The predicted molar refractivity (Wildman–Crippen MR) is 88.2 cm³/mol. The van der Waals surface area contributed by atoms with Crippen LogP contribution in [0.2, 0.25) is 0 Å². The number of ketones is 1. The van der Waals surface area contributed by atoms with Crippen molar-refractivity contribution >= 4 is 11.7 Å². The van der Waals surface area contributed by atoms with E-state index in [4.69, 9.17) is 4.74 Å². The van der Waals surface area contributed by atoms with Gasteiger partial charge in [-0.05, 0) is 36.5 Å². The van der Waals surface area contributed by atoms with Crippen molar-refractivity contribution in [1.29, 1.82) is 0 Å². The van der Waals surface area contributed by atoms with E-state index in [2.05, 4.69) is 19.2 Å². The molecule has 23 heavy (non-hydrogen) atoms. The van der Waals surface area contributed by atoms with E-state index in [1.54, 1.807) is 0 Å². The van der Waals surface area contributed by atoms with Crippen molar-refractivity contribution < 1.29 is 14.3 Å². The summed E-state index contributed by atoms with van der Waals surface area (Å²) < 4.78 is 5.47. The zero-order chi connectivity index (χ0) is 16.6. The molecule has 4 nitrogen and oxygen atoms in total. The van der Waals surface area contributed by atoms with Crippen LogP contribution in [0.1, 0.15) is 51.5 Å². The van der Waals surface area contributed by atoms with Gasteiger partial charge >= 0.3 is 0 Å². The lowest BCUT2D eigenvalue weighted by atomic mass is 9.70. The Balaban J connectivity index is 1.97. The third-order valence-electron chi connectivity index (χ3n) is 4.54. The highest BCUT2D eigenvalue weighted by Gasteiger charge is 2.40. The first-order valence-corrected chi connectivity index (χ1v) is 8.18. The van der Waals surface area contributed by atoms with Crippen LogP contribution in [0.3, 0.4) is 0 Å². The first-order chi connectivity index (χ1) is 10.9. The molecule has 2 aliphatic rings. The molecule has 1 N–H and O–H groups in total. The van der Waals surface area contributed by atoms with Crippen LogP contribution >= 0.6 is 0 Å². The van der Waals surface area contributed by atoms with Gasteiger partial charge in [-0.15, -0.1) is 0 Å². The van der Waals surface area contributed by atoms with E-state index < -0.39 is 0 Å². The summed E-state index contributed by atoms with van der Waals surface area (Å²) in [7, 11) is 0. The fraction of sp³-hybridized carbons (Fsp3) is 0.474. The number of nitrogens with one attached hydrogen (secondary N) is 1. The highest BCUT2D eigenvalue weighted by atomic mass is 16.5. The van der Waals surface area contributed by atoms with Crippen molar-refractivity contribution in [2.75, 3.05) is 6.61 Å². The summed E-state index contributed by atoms with van der Waals surface area (Å²) in [6.45, 7) is 6.70. The zero-order valence-electron chi connectivity index (χ0n) is 13.9. The van der Waals surface area contributed by atoms with E-state index in [1.807, 2.05) is 31.2 Å². The smallest absolute Gasteiger partial charge is 0.225 e. The fourth-order valence-electron chi connectivity index (χ4n) is 3.60. The molecule has 1 atom stereocenters. The SMILES string of the molecule is CCOc1ccc([C@H]2CC(=O)NC3=C2C(=O)CC(C)(C)C3)cc1. The third kappa shape index (κ3) is 3.16. The van der Waals surface area contributed by atoms with Crippen molar-refractivity contribution in [2.24, 2.45) is 5.41 Å². The molecule has 1 heterocycles. The van der Waals surface area contributed by atoms with Crippen LogP contribution in [-0.2, 0) is 9.59 Å². The standard InChI is InChI=1S/C19H23NO3/c1-4-23-13-7-5-12(6-8-13)14-9-17(22)20-15-10-19(2,3)11-16(21)18(14)15/h5-8,14H,4,9-11H2,1-3H3,(H,20,22)/t14-/m1/s1. The lowest BCUT2D eigenvalue weighted by Crippen LogP contribution is -2.40. The van der Waals surface area contributed by atoms with E-state index in [1.165, 1.54) is 0 Å². The number of allylic oxidation sites excluding steroid dienone is 2. The van der Waals surface area contributed by atoms with Gasteiger partial charge in [-0.1, -0.05) is 26.0 Å². The molecule has 3 rings (SSSR count). The van der Waals surface area contributed by atoms with E-state index in [0.29, 0.717) is 19.4 Å². The Kier molecular flexibility index (Phi) is 4.00. The van der Waals surface area contributed by atoms with Crippen LogP contribution in [0, 0.1) is 5.41 Å². The molecule has 1 aromatic rings. The Morgan fingerprint density at radius 2 is 1.87 bits per heavy atom. The van der Waals surface area contributed by atoms with Gasteiger partial charge in [0.1, 0.15) is 5.75 Å². The molecule has 0 saturated carbocycles. The molecule has 0 saturated heterocycles. The maximum absolute atomic E-state index is 12.7. The van der Waals surface area contributed by atoms with E-state index in [9.17, 15) is 9.59 Å². The lowest BCUT2D eigenvalue weighted by Gasteiger charge is -2.37. The zero-order valence-corrected chi connectivity index (χ0v) is 13.9. The maximum Gasteiger partial charge on any atom is 0.225 e. The highest BCUT2D eigenvalue weighted by molar-refractivity contribution is 6.02. The van der Waals surface area contributed by atoms with Crippen LogP contribution in [0.5, 0.6) is 5.75 Å². The number of Topliss-reactive ketones (excluding diaryl/α,β-unsaturated/α-hetero) is 1. The van der Waals surface area contributed by atoms with Crippen molar-refractivity contribution in [2.45, 2.75) is 46.0 Å². The normalized spacial score (nSPS) is 23.3. The number of ether oxygens (including phenoxy) is 1. The number of carbonyl (C=O) groups excluding carboxylic acids is 2. The van der Waals surface area contributed by atoms with Gasteiger partial charge in [0, 0.05) is 30.0 Å². The molecular weight excluding hydrogens is 290 g/mol. The molecule has 0 unspecified atom stereocenters. The van der Waals surface area contributed by atoms with Crippen LogP contribution in [0.4, 0.5) is 0 Å². The minimum atomic E-state index is -0.141. The second-order valence-electron chi connectivity index (χ2n) is 7.14. The summed E-state index contributed by atoms with van der Waals surface area (Å²) in [5.41, 5.74) is 2.53. The summed E-state index contributed by atoms with van der Waals surface area (Å²) in [4.78, 5) is 24.8. The molecular formula is C19H23NO3. The predicted octanol–water partition coefficient (Wildman–Crippen LogP) is 3.33. The van der Waals surface area contributed by atoms with Gasteiger partial charge in [-0.25, -0.2) is 0 Å². The molecule has 1 amide bonds. The van der Waals surface area contributed by atoms with E-state index in [-0.39, 0.29) is 23.0 Å². The summed E-state index contributed by atoms with van der Waals surface area (Å²) >= 11 is 0. The Morgan fingerprint density at radius 1 is 1.17 bits per heavy atom. The lowest BCUT2D eigenvalue weighted by molar-refractivity contribution is -0.122. The van der Waals surface area contributed by atoms with Crippen molar-refractivity contribution in [3.8, 4) is 5.75 Å². The molecule has 0 aromatic heterocycles. The van der Waals surface area contributed by atoms with Gasteiger partial charge < -0.3 is 10.1 Å². The van der Waals surface area contributed by atoms with Crippen LogP contribution in [-0.4, -0.2) is 18.3 Å². The summed E-state index contributed by atoms with van der Waals surface area (Å²) in [5.74, 6) is 0.822. The number of hydrogen-bond donors (Lipinski definition) is 1. The Labute approximate surface area is 136 Å². The molecule has 4 heteroatoms. The summed E-state index contributed by atoms with van der Waals surface area (Å²) in [6, 6.07) is 7.74. The van der Waals surface area contributed by atoms with Gasteiger partial charge in [-0.2, -0.15) is 0 Å². The molecule has 122 valence electrons. The van der Waals surface area contributed by atoms with Crippen molar-refractivity contribution in [3.63, 3.8) is 0 Å². The number of hydrogen-bond acceptors (Lipinski definition) is 3. The van der Waals surface area contributed by atoms with Gasteiger partial charge in [0.15, 0.2) is 5.78 Å². The number of benzene rings is 1. The minimum absolute atomic E-state index is 0.00636. The van der Waals surface area contributed by atoms with E-state index >= 15 is 0 Å². The Bertz CT molecular complexity index is 670. The molecule has 1 aliphatic heterocycles. The molecule has 0 fully saturated rings. The fourth-order valence-corrected chi connectivity index (χ4v) is 3.60. The maximum atomic E-state index is 12.7. The van der Waals surface area contributed by atoms with Crippen molar-refractivity contribution in [3.05, 3.63) is 41.1 Å². The van der Waals surface area contributed by atoms with Crippen LogP contribution in [0.25, 0.3) is 0 Å². The molecule has 0 spiro atoms.